The molecule has 3 N–H and O–H groups in total. The first-order valence-corrected chi connectivity index (χ1v) is 8.59. The SMILES string of the molecule is CC[C@H](C)NC(=O)C[NH+]1CC[NH+](Cc2cccc(C)c2)CC1. The summed E-state index contributed by atoms with van der Waals surface area (Å²) in [5, 5.41) is 3.07. The number of hydrogen-bond donors (Lipinski definition) is 3. The van der Waals surface area contributed by atoms with E-state index in [0.29, 0.717) is 12.6 Å². The predicted octanol–water partition coefficient (Wildman–Crippen LogP) is -0.807. The highest BCUT2D eigenvalue weighted by molar-refractivity contribution is 5.77. The molecule has 1 aliphatic rings. The van der Waals surface area contributed by atoms with Gasteiger partial charge in [0.25, 0.3) is 5.91 Å². The van der Waals surface area contributed by atoms with E-state index >= 15 is 0 Å². The van der Waals surface area contributed by atoms with Gasteiger partial charge in [-0.05, 0) is 20.3 Å². The van der Waals surface area contributed by atoms with E-state index in [1.54, 1.807) is 4.90 Å². The van der Waals surface area contributed by atoms with Gasteiger partial charge in [0, 0.05) is 11.6 Å². The summed E-state index contributed by atoms with van der Waals surface area (Å²) in [4.78, 5) is 15.0. The largest absolute Gasteiger partial charge is 0.349 e. The van der Waals surface area contributed by atoms with E-state index in [4.69, 9.17) is 0 Å². The van der Waals surface area contributed by atoms with Crippen molar-refractivity contribution in [2.24, 2.45) is 0 Å². The smallest absolute Gasteiger partial charge is 0.275 e. The molecule has 22 heavy (non-hydrogen) atoms. The van der Waals surface area contributed by atoms with Crippen molar-refractivity contribution < 1.29 is 14.6 Å². The zero-order valence-corrected chi connectivity index (χ0v) is 14.2. The maximum atomic E-state index is 12.0. The maximum Gasteiger partial charge on any atom is 0.275 e. The van der Waals surface area contributed by atoms with Gasteiger partial charge >= 0.3 is 0 Å². The summed E-state index contributed by atoms with van der Waals surface area (Å²) in [6, 6.07) is 9.09. The molecule has 1 aromatic rings. The van der Waals surface area contributed by atoms with Crippen molar-refractivity contribution >= 4 is 5.91 Å². The van der Waals surface area contributed by atoms with Gasteiger partial charge in [-0.15, -0.1) is 0 Å². The van der Waals surface area contributed by atoms with E-state index in [-0.39, 0.29) is 5.91 Å². The van der Waals surface area contributed by atoms with E-state index in [2.05, 4.69) is 50.4 Å². The van der Waals surface area contributed by atoms with Gasteiger partial charge in [-0.25, -0.2) is 0 Å². The predicted molar refractivity (Wildman–Crippen MR) is 89.0 cm³/mol. The quantitative estimate of drug-likeness (QED) is 0.632. The van der Waals surface area contributed by atoms with Gasteiger partial charge in [-0.1, -0.05) is 36.8 Å². The molecule has 1 amide bonds. The molecule has 4 heteroatoms. The number of piperazine rings is 1. The molecule has 0 aromatic heterocycles. The zero-order valence-electron chi connectivity index (χ0n) is 14.2. The van der Waals surface area contributed by atoms with Crippen molar-refractivity contribution in [2.75, 3.05) is 32.7 Å². The van der Waals surface area contributed by atoms with Gasteiger partial charge in [0.15, 0.2) is 6.54 Å². The first kappa shape index (κ1) is 17.0. The molecule has 2 rings (SSSR count). The number of hydrogen-bond acceptors (Lipinski definition) is 1. The molecule has 0 unspecified atom stereocenters. The molecule has 0 aliphatic carbocycles. The zero-order chi connectivity index (χ0) is 15.9. The minimum absolute atomic E-state index is 0.200. The van der Waals surface area contributed by atoms with Crippen LogP contribution in [0, 0.1) is 6.92 Å². The summed E-state index contributed by atoms with van der Waals surface area (Å²) in [5.41, 5.74) is 2.76. The van der Waals surface area contributed by atoms with Gasteiger partial charge in [-0.2, -0.15) is 0 Å². The molecule has 1 atom stereocenters. The minimum atomic E-state index is 0.200. The number of aryl methyl sites for hydroxylation is 1. The Kier molecular flexibility index (Phi) is 6.40. The fourth-order valence-electron chi connectivity index (χ4n) is 3.08. The molecule has 1 saturated heterocycles. The van der Waals surface area contributed by atoms with Crippen LogP contribution in [0.25, 0.3) is 0 Å². The molecule has 1 aliphatic heterocycles. The fraction of sp³-hybridized carbons (Fsp3) is 0.611. The lowest BCUT2D eigenvalue weighted by Gasteiger charge is -2.29. The Labute approximate surface area is 134 Å². The molecule has 1 fully saturated rings. The maximum absolute atomic E-state index is 12.0. The lowest BCUT2D eigenvalue weighted by Crippen LogP contribution is -3.28. The summed E-state index contributed by atoms with van der Waals surface area (Å²) >= 11 is 0. The monoisotopic (exact) mass is 305 g/mol. The van der Waals surface area contributed by atoms with E-state index in [1.807, 2.05) is 0 Å². The lowest BCUT2D eigenvalue weighted by molar-refractivity contribution is -1.02. The Morgan fingerprint density at radius 1 is 1.23 bits per heavy atom. The molecule has 0 bridgehead atoms. The normalized spacial score (nSPS) is 23.0. The highest BCUT2D eigenvalue weighted by Crippen LogP contribution is 2.01. The second-order valence-corrected chi connectivity index (χ2v) is 6.72. The van der Waals surface area contributed by atoms with Gasteiger partial charge in [0.05, 0.1) is 0 Å². The fourth-order valence-corrected chi connectivity index (χ4v) is 3.08. The lowest BCUT2D eigenvalue weighted by atomic mass is 10.1. The van der Waals surface area contributed by atoms with Crippen molar-refractivity contribution in [3.63, 3.8) is 0 Å². The van der Waals surface area contributed by atoms with Crippen molar-refractivity contribution in [3.05, 3.63) is 35.4 Å². The molecule has 4 nitrogen and oxygen atoms in total. The van der Waals surface area contributed by atoms with Crippen LogP contribution >= 0.6 is 0 Å². The number of carbonyl (C=O) groups excluding carboxylic acids is 1. The van der Waals surface area contributed by atoms with E-state index < -0.39 is 0 Å². The van der Waals surface area contributed by atoms with Crippen molar-refractivity contribution in [1.29, 1.82) is 0 Å². The van der Waals surface area contributed by atoms with Crippen LogP contribution in [0.1, 0.15) is 31.4 Å². The molecule has 0 spiro atoms. The average Bonchev–Trinajstić information content (AvgIpc) is 2.49. The van der Waals surface area contributed by atoms with E-state index in [1.165, 1.54) is 16.0 Å². The molecule has 0 radical (unpaired) electrons. The second-order valence-electron chi connectivity index (χ2n) is 6.72. The molecule has 122 valence electrons. The van der Waals surface area contributed by atoms with Crippen LogP contribution in [-0.4, -0.2) is 44.7 Å². The first-order chi connectivity index (χ1) is 10.6. The Morgan fingerprint density at radius 2 is 1.91 bits per heavy atom. The topological polar surface area (TPSA) is 38.0 Å². The van der Waals surface area contributed by atoms with Gasteiger partial charge in [-0.3, -0.25) is 4.79 Å². The third-order valence-corrected chi connectivity index (χ3v) is 4.63. The highest BCUT2D eigenvalue weighted by Gasteiger charge is 2.25. The van der Waals surface area contributed by atoms with Crippen LogP contribution in [0.5, 0.6) is 0 Å². The molecule has 1 aromatic carbocycles. The summed E-state index contributed by atoms with van der Waals surface area (Å²) in [5.74, 6) is 0.200. The first-order valence-electron chi connectivity index (χ1n) is 8.59. The average molecular weight is 305 g/mol. The summed E-state index contributed by atoms with van der Waals surface area (Å²) < 4.78 is 0. The Hall–Kier alpha value is -1.39. The Balaban J connectivity index is 1.72. The number of benzene rings is 1. The van der Waals surface area contributed by atoms with Crippen LogP contribution in [0.3, 0.4) is 0 Å². The summed E-state index contributed by atoms with van der Waals surface area (Å²) in [7, 11) is 0. The van der Waals surface area contributed by atoms with Crippen LogP contribution < -0.4 is 15.1 Å². The molecule has 0 saturated carbocycles. The van der Waals surface area contributed by atoms with Gasteiger partial charge in [0.2, 0.25) is 0 Å². The van der Waals surface area contributed by atoms with Crippen LogP contribution in [0.15, 0.2) is 24.3 Å². The van der Waals surface area contributed by atoms with Gasteiger partial charge in [0.1, 0.15) is 32.7 Å². The number of carbonyl (C=O) groups is 1. The van der Waals surface area contributed by atoms with Crippen molar-refractivity contribution in [3.8, 4) is 0 Å². The van der Waals surface area contributed by atoms with Crippen molar-refractivity contribution in [2.45, 2.75) is 39.8 Å². The van der Waals surface area contributed by atoms with Crippen LogP contribution in [-0.2, 0) is 11.3 Å². The molecular formula is C18H31N3O+2. The van der Waals surface area contributed by atoms with Crippen LogP contribution in [0.4, 0.5) is 0 Å². The van der Waals surface area contributed by atoms with Crippen LogP contribution in [0.2, 0.25) is 0 Å². The highest BCUT2D eigenvalue weighted by atomic mass is 16.2. The standard InChI is InChI=1S/C18H29N3O/c1-4-16(3)19-18(22)14-21-10-8-20(9-11-21)13-17-7-5-6-15(2)12-17/h5-7,12,16H,4,8-11,13-14H2,1-3H3,(H,19,22)/p+2/t16-/m0/s1. The Morgan fingerprint density at radius 3 is 2.55 bits per heavy atom. The third-order valence-electron chi connectivity index (χ3n) is 4.63. The van der Waals surface area contributed by atoms with E-state index in [0.717, 1.165) is 39.1 Å². The van der Waals surface area contributed by atoms with Gasteiger partial charge < -0.3 is 15.1 Å². The molecular weight excluding hydrogens is 274 g/mol. The van der Waals surface area contributed by atoms with E-state index in [9.17, 15) is 4.79 Å². The second kappa shape index (κ2) is 8.30. The van der Waals surface area contributed by atoms with Crippen molar-refractivity contribution in [1.82, 2.24) is 5.32 Å². The Bertz CT molecular complexity index is 481. The number of quaternary nitrogens is 2. The number of amides is 1. The minimum Gasteiger partial charge on any atom is -0.349 e. The molecule has 1 heterocycles. The summed E-state index contributed by atoms with van der Waals surface area (Å²) in [6.45, 7) is 12.5. The third kappa shape index (κ3) is 5.43. The summed E-state index contributed by atoms with van der Waals surface area (Å²) in [6.07, 6.45) is 0.996. The number of rotatable bonds is 6. The number of nitrogens with one attached hydrogen (secondary N) is 3.